The largest absolute Gasteiger partial charge is 0.450 e. The number of ether oxygens (including phenoxy) is 1. The van der Waals surface area contributed by atoms with Gasteiger partial charge in [-0.1, -0.05) is 0 Å². The third kappa shape index (κ3) is 7.17. The zero-order chi connectivity index (χ0) is 29.8. The number of sulfonamides is 2. The van der Waals surface area contributed by atoms with Crippen LogP contribution in [-0.4, -0.2) is 80.8 Å². The molecule has 2 N–H and O–H groups in total. The van der Waals surface area contributed by atoms with Crippen molar-refractivity contribution in [1.82, 2.24) is 19.2 Å². The maximum absolute atomic E-state index is 13.1. The third-order valence-corrected chi connectivity index (χ3v) is 9.41. The molecule has 2 heterocycles. The maximum Gasteiger partial charge on any atom is 0.409 e. The second kappa shape index (κ2) is 12.2. The summed E-state index contributed by atoms with van der Waals surface area (Å²) in [5.41, 5.74) is 1.79. The van der Waals surface area contributed by atoms with E-state index < -0.39 is 32.0 Å². The molecule has 13 nitrogen and oxygen atoms in total. The van der Waals surface area contributed by atoms with Crippen molar-refractivity contribution in [2.45, 2.75) is 30.6 Å². The van der Waals surface area contributed by atoms with Crippen molar-refractivity contribution in [1.29, 1.82) is 0 Å². The molecule has 1 aliphatic rings. The first-order chi connectivity index (χ1) is 19.4. The Bertz CT molecular complexity index is 1620. The molecule has 0 radical (unpaired) electrons. The Balaban J connectivity index is 1.37. The van der Waals surface area contributed by atoms with Crippen LogP contribution in [0.4, 0.5) is 16.4 Å². The van der Waals surface area contributed by atoms with Gasteiger partial charge in [0, 0.05) is 48.8 Å². The van der Waals surface area contributed by atoms with Crippen molar-refractivity contribution in [3.8, 4) is 0 Å². The molecule has 1 fully saturated rings. The zero-order valence-electron chi connectivity index (χ0n) is 22.7. The quantitative estimate of drug-likeness (QED) is 0.394. The van der Waals surface area contributed by atoms with Crippen LogP contribution in [-0.2, 0) is 24.8 Å². The van der Waals surface area contributed by atoms with Gasteiger partial charge < -0.3 is 15.0 Å². The first-order valence-electron chi connectivity index (χ1n) is 12.7. The van der Waals surface area contributed by atoms with E-state index in [9.17, 15) is 26.4 Å². The van der Waals surface area contributed by atoms with Crippen molar-refractivity contribution < 1.29 is 31.2 Å². The minimum Gasteiger partial charge on any atom is -0.450 e. The van der Waals surface area contributed by atoms with Crippen LogP contribution in [0, 0.1) is 13.8 Å². The topological polar surface area (TPSA) is 168 Å². The second-order valence-electron chi connectivity index (χ2n) is 9.17. The number of nitrogens with zero attached hydrogens (tertiary/aromatic N) is 4. The number of amides is 2. The molecule has 0 atom stereocenters. The van der Waals surface area contributed by atoms with E-state index in [1.54, 1.807) is 26.8 Å². The van der Waals surface area contributed by atoms with Crippen molar-refractivity contribution in [2.75, 3.05) is 42.8 Å². The molecule has 41 heavy (non-hydrogen) atoms. The number of carbonyl (C=O) groups excluding carboxylic acids is 2. The van der Waals surface area contributed by atoms with Crippen LogP contribution < -0.4 is 10.0 Å². The molecule has 4 rings (SSSR count). The van der Waals surface area contributed by atoms with E-state index >= 15 is 0 Å². The number of nitrogens with one attached hydrogen (secondary N) is 2. The molecule has 0 saturated carbocycles. The number of aromatic nitrogens is 2. The van der Waals surface area contributed by atoms with Gasteiger partial charge in [0.05, 0.1) is 16.4 Å². The van der Waals surface area contributed by atoms with E-state index in [1.807, 2.05) is 0 Å². The minimum absolute atomic E-state index is 0.0217. The summed E-state index contributed by atoms with van der Waals surface area (Å²) in [4.78, 5) is 34.2. The van der Waals surface area contributed by atoms with Gasteiger partial charge in [-0.2, -0.15) is 4.31 Å². The Morgan fingerprint density at radius 1 is 0.854 bits per heavy atom. The van der Waals surface area contributed by atoms with Gasteiger partial charge in [-0.25, -0.2) is 36.3 Å². The van der Waals surface area contributed by atoms with Crippen molar-refractivity contribution >= 4 is 43.7 Å². The van der Waals surface area contributed by atoms with Crippen LogP contribution in [0.15, 0.2) is 64.4 Å². The predicted octanol–water partition coefficient (Wildman–Crippen LogP) is 2.61. The lowest BCUT2D eigenvalue weighted by Gasteiger charge is -2.33. The molecule has 1 aliphatic heterocycles. The van der Waals surface area contributed by atoms with E-state index in [-0.39, 0.29) is 54.1 Å². The molecule has 2 aromatic carbocycles. The van der Waals surface area contributed by atoms with E-state index in [1.165, 1.54) is 57.7 Å². The fourth-order valence-corrected chi connectivity index (χ4v) is 6.49. The van der Waals surface area contributed by atoms with Crippen LogP contribution in [0.5, 0.6) is 0 Å². The van der Waals surface area contributed by atoms with Crippen molar-refractivity contribution in [3.63, 3.8) is 0 Å². The number of rotatable bonds is 8. The van der Waals surface area contributed by atoms with E-state index in [4.69, 9.17) is 4.74 Å². The van der Waals surface area contributed by atoms with Crippen molar-refractivity contribution in [2.24, 2.45) is 0 Å². The highest BCUT2D eigenvalue weighted by Crippen LogP contribution is 2.21. The number of piperazine rings is 1. The lowest BCUT2D eigenvalue weighted by molar-refractivity contribution is 0.0933. The maximum atomic E-state index is 13.1. The average Bonchev–Trinajstić information content (AvgIpc) is 2.93. The lowest BCUT2D eigenvalue weighted by Crippen LogP contribution is -2.50. The summed E-state index contributed by atoms with van der Waals surface area (Å²) in [5, 5.41) is 2.66. The molecule has 1 aromatic heterocycles. The molecule has 218 valence electrons. The number of anilines is 2. The van der Waals surface area contributed by atoms with Crippen LogP contribution >= 0.6 is 0 Å². The first kappa shape index (κ1) is 29.9. The number of hydrogen-bond acceptors (Lipinski definition) is 9. The van der Waals surface area contributed by atoms with Crippen molar-refractivity contribution in [3.05, 3.63) is 71.5 Å². The van der Waals surface area contributed by atoms with Crippen LogP contribution in [0.1, 0.15) is 28.7 Å². The number of hydrogen-bond donors (Lipinski definition) is 2. The molecule has 1 saturated heterocycles. The highest BCUT2D eigenvalue weighted by molar-refractivity contribution is 7.92. The molecule has 2 amide bonds. The summed E-state index contributed by atoms with van der Waals surface area (Å²) in [5.74, 6) is -0.543. The Labute approximate surface area is 238 Å². The molecule has 3 aromatic rings. The average molecular weight is 603 g/mol. The smallest absolute Gasteiger partial charge is 0.409 e. The number of carbonyl (C=O) groups is 2. The van der Waals surface area contributed by atoms with E-state index in [0.717, 1.165) is 0 Å². The number of aryl methyl sites for hydroxylation is 2. The Morgan fingerprint density at radius 2 is 1.41 bits per heavy atom. The summed E-state index contributed by atoms with van der Waals surface area (Å²) in [7, 11) is -7.78. The fraction of sp³-hybridized carbons (Fsp3) is 0.308. The lowest BCUT2D eigenvalue weighted by atomic mass is 10.2. The predicted molar refractivity (Wildman–Crippen MR) is 151 cm³/mol. The van der Waals surface area contributed by atoms with Gasteiger partial charge in [0.2, 0.25) is 16.0 Å². The molecular formula is C26H30N6O7S2. The van der Waals surface area contributed by atoms with Gasteiger partial charge in [0.1, 0.15) is 0 Å². The number of benzene rings is 2. The first-order valence-corrected chi connectivity index (χ1v) is 15.6. The van der Waals surface area contributed by atoms with Gasteiger partial charge in [0.25, 0.3) is 15.9 Å². The Hall–Kier alpha value is -4.08. The van der Waals surface area contributed by atoms with Crippen LogP contribution in [0.3, 0.4) is 0 Å². The van der Waals surface area contributed by atoms with Gasteiger partial charge in [0.15, 0.2) is 0 Å². The molecular weight excluding hydrogens is 572 g/mol. The van der Waals surface area contributed by atoms with Gasteiger partial charge >= 0.3 is 6.09 Å². The monoisotopic (exact) mass is 602 g/mol. The second-order valence-corrected chi connectivity index (χ2v) is 12.8. The standard InChI is InChI=1S/C26H30N6O7S2/c1-4-39-26(34)31-13-15-32(16-14-31)41(37,38)23-9-5-20(6-10-23)24(33)29-21-7-11-22(12-8-21)40(35,36)30-25-27-18(2)17-19(3)28-25/h5-12,17H,4,13-16H2,1-3H3,(H,29,33)(H,27,28,30). The third-order valence-electron chi connectivity index (χ3n) is 6.15. The van der Waals surface area contributed by atoms with Crippen LogP contribution in [0.25, 0.3) is 0 Å². The fourth-order valence-electron chi connectivity index (χ4n) is 4.12. The molecule has 0 aliphatic carbocycles. The highest BCUT2D eigenvalue weighted by atomic mass is 32.2. The summed E-state index contributed by atoms with van der Waals surface area (Å²) in [6.07, 6.45) is -0.472. The van der Waals surface area contributed by atoms with E-state index in [0.29, 0.717) is 17.1 Å². The molecule has 15 heteroatoms. The normalized spacial score (nSPS) is 14.4. The molecule has 0 spiro atoms. The van der Waals surface area contributed by atoms with E-state index in [2.05, 4.69) is 20.0 Å². The van der Waals surface area contributed by atoms with Gasteiger partial charge in [-0.3, -0.25) is 4.79 Å². The van der Waals surface area contributed by atoms with Gasteiger partial charge in [-0.05, 0) is 75.4 Å². The summed E-state index contributed by atoms with van der Waals surface area (Å²) in [6, 6.07) is 12.7. The highest BCUT2D eigenvalue weighted by Gasteiger charge is 2.30. The molecule has 0 bridgehead atoms. The minimum atomic E-state index is -3.96. The Kier molecular flexibility index (Phi) is 8.89. The SMILES string of the molecule is CCOC(=O)N1CCN(S(=O)(=O)c2ccc(C(=O)Nc3ccc(S(=O)(=O)Nc4nc(C)cc(C)n4)cc3)cc2)CC1. The summed E-state index contributed by atoms with van der Waals surface area (Å²) in [6.45, 7) is 6.09. The summed E-state index contributed by atoms with van der Waals surface area (Å²) >= 11 is 0. The zero-order valence-corrected chi connectivity index (χ0v) is 24.3. The van der Waals surface area contributed by atoms with Crippen LogP contribution in [0.2, 0.25) is 0 Å². The van der Waals surface area contributed by atoms with Gasteiger partial charge in [-0.15, -0.1) is 0 Å². The Morgan fingerprint density at radius 3 is 1.98 bits per heavy atom. The summed E-state index contributed by atoms with van der Waals surface area (Å²) < 4.78 is 60.1. The molecule has 0 unspecified atom stereocenters.